The molecular weight excluding hydrogens is 288 g/mol. The summed E-state index contributed by atoms with van der Waals surface area (Å²) in [7, 11) is 1.56. The molecule has 1 aromatic rings. The van der Waals surface area contributed by atoms with Crippen LogP contribution in [0.5, 0.6) is 0 Å². The summed E-state index contributed by atoms with van der Waals surface area (Å²) in [6, 6.07) is 0. The fourth-order valence-electron chi connectivity index (χ4n) is 2.55. The van der Waals surface area contributed by atoms with Gasteiger partial charge in [-0.15, -0.1) is 0 Å². The third-order valence-corrected chi connectivity index (χ3v) is 3.68. The van der Waals surface area contributed by atoms with Gasteiger partial charge in [-0.3, -0.25) is 9.69 Å². The smallest absolute Gasteiger partial charge is 0.246 e. The molecule has 0 radical (unpaired) electrons. The van der Waals surface area contributed by atoms with Crippen molar-refractivity contribution in [2.75, 3.05) is 33.3 Å². The SMILES string of the molecule is CCN(Cc1nc(COC)no1)C(=O)CN1CCC[C@H](O)C1. The lowest BCUT2D eigenvalue weighted by atomic mass is 10.1. The van der Waals surface area contributed by atoms with Gasteiger partial charge in [0, 0.05) is 20.2 Å². The molecule has 124 valence electrons. The van der Waals surface area contributed by atoms with E-state index in [1.54, 1.807) is 12.0 Å². The van der Waals surface area contributed by atoms with Gasteiger partial charge in [-0.05, 0) is 26.3 Å². The summed E-state index contributed by atoms with van der Waals surface area (Å²) < 4.78 is 10.1. The molecule has 1 amide bonds. The molecule has 0 aliphatic carbocycles. The topological polar surface area (TPSA) is 91.9 Å². The Balaban J connectivity index is 1.87. The second kappa shape index (κ2) is 8.21. The number of piperidine rings is 1. The maximum Gasteiger partial charge on any atom is 0.246 e. The largest absolute Gasteiger partial charge is 0.392 e. The number of amides is 1. The van der Waals surface area contributed by atoms with Gasteiger partial charge in [-0.1, -0.05) is 5.16 Å². The van der Waals surface area contributed by atoms with Gasteiger partial charge in [-0.25, -0.2) is 0 Å². The molecule has 1 aliphatic rings. The normalized spacial score (nSPS) is 19.3. The first-order chi connectivity index (χ1) is 10.6. The highest BCUT2D eigenvalue weighted by Crippen LogP contribution is 2.11. The van der Waals surface area contributed by atoms with Gasteiger partial charge in [0.05, 0.1) is 12.6 Å². The van der Waals surface area contributed by atoms with E-state index in [0.717, 1.165) is 19.4 Å². The van der Waals surface area contributed by atoms with E-state index in [4.69, 9.17) is 9.26 Å². The lowest BCUT2D eigenvalue weighted by Crippen LogP contribution is -2.45. The van der Waals surface area contributed by atoms with Gasteiger partial charge in [0.1, 0.15) is 13.2 Å². The molecular formula is C14H24N4O4. The van der Waals surface area contributed by atoms with Gasteiger partial charge < -0.3 is 19.3 Å². The molecule has 1 aromatic heterocycles. The monoisotopic (exact) mass is 312 g/mol. The Morgan fingerprint density at radius 2 is 2.41 bits per heavy atom. The van der Waals surface area contributed by atoms with Gasteiger partial charge in [0.2, 0.25) is 11.8 Å². The van der Waals surface area contributed by atoms with Crippen molar-refractivity contribution >= 4 is 5.91 Å². The average Bonchev–Trinajstić information content (AvgIpc) is 2.92. The molecule has 1 aliphatic heterocycles. The minimum Gasteiger partial charge on any atom is -0.392 e. The Morgan fingerprint density at radius 3 is 3.09 bits per heavy atom. The molecule has 2 heterocycles. The molecule has 1 N–H and O–H groups in total. The van der Waals surface area contributed by atoms with E-state index in [1.807, 2.05) is 11.8 Å². The van der Waals surface area contributed by atoms with E-state index in [-0.39, 0.29) is 18.6 Å². The molecule has 22 heavy (non-hydrogen) atoms. The average molecular weight is 312 g/mol. The van der Waals surface area contributed by atoms with Crippen LogP contribution in [0.25, 0.3) is 0 Å². The third-order valence-electron chi connectivity index (χ3n) is 3.68. The summed E-state index contributed by atoms with van der Waals surface area (Å²) in [4.78, 5) is 20.2. The number of methoxy groups -OCH3 is 1. The van der Waals surface area contributed by atoms with E-state index in [9.17, 15) is 9.90 Å². The van der Waals surface area contributed by atoms with Crippen LogP contribution in [-0.2, 0) is 22.7 Å². The highest BCUT2D eigenvalue weighted by Gasteiger charge is 2.23. The fourth-order valence-corrected chi connectivity index (χ4v) is 2.55. The number of β-amino-alcohol motifs (C(OH)–C–C–N with tert-alkyl or cyclic N) is 1. The number of likely N-dealkylation sites (N-methyl/N-ethyl adjacent to an activating group) is 1. The zero-order chi connectivity index (χ0) is 15.9. The molecule has 8 nitrogen and oxygen atoms in total. The van der Waals surface area contributed by atoms with Crippen LogP contribution in [0.15, 0.2) is 4.52 Å². The van der Waals surface area contributed by atoms with Crippen LogP contribution in [0, 0.1) is 0 Å². The number of ether oxygens (including phenoxy) is 1. The lowest BCUT2D eigenvalue weighted by molar-refractivity contribution is -0.133. The van der Waals surface area contributed by atoms with E-state index in [1.165, 1.54) is 0 Å². The number of carbonyl (C=O) groups excluding carboxylic acids is 1. The molecule has 8 heteroatoms. The van der Waals surface area contributed by atoms with E-state index in [0.29, 0.717) is 37.9 Å². The molecule has 0 aromatic carbocycles. The van der Waals surface area contributed by atoms with Gasteiger partial charge in [-0.2, -0.15) is 4.98 Å². The number of hydrogen-bond acceptors (Lipinski definition) is 7. The van der Waals surface area contributed by atoms with Crippen molar-refractivity contribution in [1.29, 1.82) is 0 Å². The van der Waals surface area contributed by atoms with Crippen LogP contribution in [-0.4, -0.2) is 70.3 Å². The van der Waals surface area contributed by atoms with Crippen molar-refractivity contribution in [2.24, 2.45) is 0 Å². The molecule has 2 rings (SSSR count). The number of carbonyl (C=O) groups is 1. The van der Waals surface area contributed by atoms with Crippen LogP contribution in [0.1, 0.15) is 31.5 Å². The highest BCUT2D eigenvalue weighted by molar-refractivity contribution is 5.78. The Bertz CT molecular complexity index is 479. The molecule has 0 unspecified atom stereocenters. The first-order valence-corrected chi connectivity index (χ1v) is 7.61. The Hall–Kier alpha value is -1.51. The number of aliphatic hydroxyl groups excluding tert-OH is 1. The zero-order valence-corrected chi connectivity index (χ0v) is 13.2. The molecule has 1 atom stereocenters. The van der Waals surface area contributed by atoms with E-state index in [2.05, 4.69) is 10.1 Å². The third kappa shape index (κ3) is 4.75. The maximum atomic E-state index is 12.4. The van der Waals surface area contributed by atoms with Crippen molar-refractivity contribution in [2.45, 2.75) is 39.0 Å². The number of rotatable bonds is 7. The van der Waals surface area contributed by atoms with Crippen LogP contribution in [0.2, 0.25) is 0 Å². The molecule has 0 saturated carbocycles. The predicted molar refractivity (Wildman–Crippen MR) is 77.8 cm³/mol. The number of hydrogen-bond donors (Lipinski definition) is 1. The summed E-state index contributed by atoms with van der Waals surface area (Å²) in [5.41, 5.74) is 0. The Labute approximate surface area is 130 Å². The van der Waals surface area contributed by atoms with Crippen molar-refractivity contribution in [3.8, 4) is 0 Å². The summed E-state index contributed by atoms with van der Waals surface area (Å²) in [6.45, 7) is 4.77. The van der Waals surface area contributed by atoms with Gasteiger partial charge in [0.25, 0.3) is 0 Å². The molecule has 1 fully saturated rings. The molecule has 0 spiro atoms. The summed E-state index contributed by atoms with van der Waals surface area (Å²) in [5.74, 6) is 0.879. The maximum absolute atomic E-state index is 12.4. The summed E-state index contributed by atoms with van der Waals surface area (Å²) in [5, 5.41) is 13.5. The van der Waals surface area contributed by atoms with Crippen LogP contribution in [0.4, 0.5) is 0 Å². The summed E-state index contributed by atoms with van der Waals surface area (Å²) >= 11 is 0. The lowest BCUT2D eigenvalue weighted by Gasteiger charge is -2.31. The molecule has 1 saturated heterocycles. The second-order valence-electron chi connectivity index (χ2n) is 5.48. The van der Waals surface area contributed by atoms with Crippen molar-refractivity contribution in [3.05, 3.63) is 11.7 Å². The quantitative estimate of drug-likeness (QED) is 0.759. The van der Waals surface area contributed by atoms with Gasteiger partial charge in [0.15, 0.2) is 5.82 Å². The van der Waals surface area contributed by atoms with Crippen LogP contribution >= 0.6 is 0 Å². The van der Waals surface area contributed by atoms with Crippen molar-refractivity contribution in [1.82, 2.24) is 19.9 Å². The predicted octanol–water partition coefficient (Wildman–Crippen LogP) is 0.0212. The summed E-state index contributed by atoms with van der Waals surface area (Å²) in [6.07, 6.45) is 1.40. The Kier molecular flexibility index (Phi) is 6.29. The number of aliphatic hydroxyl groups is 1. The van der Waals surface area contributed by atoms with E-state index >= 15 is 0 Å². The standard InChI is InChI=1S/C14H24N4O4/c1-3-18(8-13-15-12(10-21-2)16-22-13)14(20)9-17-6-4-5-11(19)7-17/h11,19H,3-10H2,1-2H3/t11-/m0/s1. The number of nitrogens with zero attached hydrogens (tertiary/aromatic N) is 4. The Morgan fingerprint density at radius 1 is 1.59 bits per heavy atom. The number of likely N-dealkylation sites (tertiary alicyclic amines) is 1. The van der Waals surface area contributed by atoms with E-state index < -0.39 is 0 Å². The fraction of sp³-hybridized carbons (Fsp3) is 0.786. The first kappa shape index (κ1) is 16.9. The first-order valence-electron chi connectivity index (χ1n) is 7.61. The highest BCUT2D eigenvalue weighted by atomic mass is 16.5. The molecule has 0 bridgehead atoms. The van der Waals surface area contributed by atoms with Crippen molar-refractivity contribution in [3.63, 3.8) is 0 Å². The number of aromatic nitrogens is 2. The van der Waals surface area contributed by atoms with Crippen LogP contribution in [0.3, 0.4) is 0 Å². The second-order valence-corrected chi connectivity index (χ2v) is 5.48. The minimum atomic E-state index is -0.329. The minimum absolute atomic E-state index is 0.00286. The van der Waals surface area contributed by atoms with Crippen molar-refractivity contribution < 1.29 is 19.2 Å². The van der Waals surface area contributed by atoms with Crippen LogP contribution < -0.4 is 0 Å². The van der Waals surface area contributed by atoms with Gasteiger partial charge >= 0.3 is 0 Å². The zero-order valence-electron chi connectivity index (χ0n) is 13.2.